The largest absolute Gasteiger partial charge is 0.495 e. The number of hydrogen-bond acceptors (Lipinski definition) is 4. The first-order valence-corrected chi connectivity index (χ1v) is 10.7. The number of ether oxygens (including phenoxy) is 1. The van der Waals surface area contributed by atoms with E-state index in [1.165, 1.54) is 5.56 Å². The summed E-state index contributed by atoms with van der Waals surface area (Å²) in [5, 5.41) is 7.13. The molecule has 2 aromatic carbocycles. The number of halogens is 1. The molecule has 0 bridgehead atoms. The molecule has 0 radical (unpaired) electrons. The van der Waals surface area contributed by atoms with E-state index in [1.807, 2.05) is 19.2 Å². The molecule has 0 amide bonds. The summed E-state index contributed by atoms with van der Waals surface area (Å²) in [6.07, 6.45) is 2.07. The van der Waals surface area contributed by atoms with E-state index in [0.717, 1.165) is 49.9 Å². The average Bonchev–Trinajstić information content (AvgIpc) is 3.24. The van der Waals surface area contributed by atoms with Crippen LogP contribution in [0.15, 0.2) is 59.6 Å². The summed E-state index contributed by atoms with van der Waals surface area (Å²) in [5.41, 5.74) is 2.51. The number of anilines is 1. The van der Waals surface area contributed by atoms with Crippen LogP contribution >= 0.6 is 24.0 Å². The Bertz CT molecular complexity index is 815. The number of nitrogens with one attached hydrogen (secondary N) is 2. The Morgan fingerprint density at radius 2 is 1.87 bits per heavy atom. The molecule has 2 unspecified atom stereocenters. The quantitative estimate of drug-likeness (QED) is 0.308. The molecular formula is C24H36IN5O. The number of benzene rings is 2. The van der Waals surface area contributed by atoms with Crippen LogP contribution in [0.1, 0.15) is 12.0 Å². The highest BCUT2D eigenvalue weighted by Gasteiger charge is 2.25. The maximum absolute atomic E-state index is 5.53. The third kappa shape index (κ3) is 7.28. The monoisotopic (exact) mass is 537 g/mol. The number of rotatable bonds is 8. The van der Waals surface area contributed by atoms with Gasteiger partial charge in [0.1, 0.15) is 5.75 Å². The predicted octanol–water partition coefficient (Wildman–Crippen LogP) is 3.23. The van der Waals surface area contributed by atoms with Crippen LogP contribution in [0.25, 0.3) is 0 Å². The molecule has 2 aromatic rings. The van der Waals surface area contributed by atoms with Crippen molar-refractivity contribution in [3.63, 3.8) is 0 Å². The van der Waals surface area contributed by atoms with E-state index in [2.05, 4.69) is 82.0 Å². The fraction of sp³-hybridized carbons (Fsp3) is 0.458. The lowest BCUT2D eigenvalue weighted by Gasteiger charge is -2.26. The Morgan fingerprint density at radius 3 is 2.55 bits per heavy atom. The Labute approximate surface area is 204 Å². The highest BCUT2D eigenvalue weighted by molar-refractivity contribution is 14.0. The SMILES string of the molecule is CN=C(NCC(Cc1ccccc1)N(C)C)NC1CCN(c2ccccc2OC)C1.I. The van der Waals surface area contributed by atoms with Crippen LogP contribution in [0.4, 0.5) is 5.69 Å². The molecule has 0 saturated carbocycles. The topological polar surface area (TPSA) is 52.1 Å². The second-order valence-electron chi connectivity index (χ2n) is 8.01. The van der Waals surface area contributed by atoms with E-state index in [1.54, 1.807) is 7.11 Å². The number of nitrogens with zero attached hydrogens (tertiary/aromatic N) is 3. The van der Waals surface area contributed by atoms with Gasteiger partial charge in [0.05, 0.1) is 12.8 Å². The lowest BCUT2D eigenvalue weighted by Crippen LogP contribution is -2.49. The molecule has 2 atom stereocenters. The van der Waals surface area contributed by atoms with Gasteiger partial charge >= 0.3 is 0 Å². The van der Waals surface area contributed by atoms with Crippen molar-refractivity contribution in [2.24, 2.45) is 4.99 Å². The molecule has 170 valence electrons. The lowest BCUT2D eigenvalue weighted by molar-refractivity contribution is 0.290. The van der Waals surface area contributed by atoms with Crippen molar-refractivity contribution in [2.45, 2.75) is 24.9 Å². The van der Waals surface area contributed by atoms with E-state index >= 15 is 0 Å². The van der Waals surface area contributed by atoms with Gasteiger partial charge in [-0.25, -0.2) is 0 Å². The first kappa shape index (κ1) is 25.3. The maximum atomic E-state index is 5.53. The molecule has 0 aromatic heterocycles. The molecular weight excluding hydrogens is 501 g/mol. The molecule has 3 rings (SSSR count). The molecule has 1 fully saturated rings. The van der Waals surface area contributed by atoms with Gasteiger partial charge in [-0.1, -0.05) is 42.5 Å². The third-order valence-corrected chi connectivity index (χ3v) is 5.73. The number of para-hydroxylation sites is 2. The minimum Gasteiger partial charge on any atom is -0.495 e. The summed E-state index contributed by atoms with van der Waals surface area (Å²) >= 11 is 0. The number of likely N-dealkylation sites (N-methyl/N-ethyl adjacent to an activating group) is 1. The summed E-state index contributed by atoms with van der Waals surface area (Å²) < 4.78 is 5.53. The molecule has 1 heterocycles. The fourth-order valence-electron chi connectivity index (χ4n) is 3.91. The van der Waals surface area contributed by atoms with Gasteiger partial charge in [0, 0.05) is 38.8 Å². The van der Waals surface area contributed by atoms with Crippen LogP contribution in [0.5, 0.6) is 5.75 Å². The second kappa shape index (κ2) is 12.8. The summed E-state index contributed by atoms with van der Waals surface area (Å²) in [7, 11) is 7.83. The Balaban J connectivity index is 0.00000341. The number of aliphatic imine (C=N–C) groups is 1. The van der Waals surface area contributed by atoms with Crippen LogP contribution in [0.3, 0.4) is 0 Å². The van der Waals surface area contributed by atoms with E-state index in [-0.39, 0.29) is 24.0 Å². The van der Waals surface area contributed by atoms with E-state index in [0.29, 0.717) is 12.1 Å². The molecule has 1 saturated heterocycles. The van der Waals surface area contributed by atoms with Gasteiger partial charge in [-0.05, 0) is 44.6 Å². The standard InChI is InChI=1S/C24H35N5O.HI/c1-25-24(26-17-21(28(2)3)16-19-10-6-5-7-11-19)27-20-14-15-29(18-20)22-12-8-9-13-23(22)30-4;/h5-13,20-21H,14-18H2,1-4H3,(H2,25,26,27);1H. The van der Waals surface area contributed by atoms with Crippen molar-refractivity contribution in [3.05, 3.63) is 60.2 Å². The highest BCUT2D eigenvalue weighted by atomic mass is 127. The minimum absolute atomic E-state index is 0. The Hall–Kier alpha value is -2.00. The smallest absolute Gasteiger partial charge is 0.191 e. The average molecular weight is 537 g/mol. The van der Waals surface area contributed by atoms with Crippen molar-refractivity contribution in [1.82, 2.24) is 15.5 Å². The summed E-state index contributed by atoms with van der Waals surface area (Å²) in [6, 6.07) is 19.6. The first-order chi connectivity index (χ1) is 14.6. The Morgan fingerprint density at radius 1 is 1.16 bits per heavy atom. The Kier molecular flexibility index (Phi) is 10.4. The third-order valence-electron chi connectivity index (χ3n) is 5.73. The molecule has 1 aliphatic heterocycles. The number of methoxy groups -OCH3 is 1. The zero-order valence-corrected chi connectivity index (χ0v) is 21.4. The summed E-state index contributed by atoms with van der Waals surface area (Å²) in [6.45, 7) is 2.77. The van der Waals surface area contributed by atoms with E-state index in [4.69, 9.17) is 4.74 Å². The van der Waals surface area contributed by atoms with E-state index in [9.17, 15) is 0 Å². The number of guanidine groups is 1. The molecule has 2 N–H and O–H groups in total. The van der Waals surface area contributed by atoms with Gasteiger partial charge in [0.15, 0.2) is 5.96 Å². The van der Waals surface area contributed by atoms with Crippen molar-refractivity contribution in [1.29, 1.82) is 0 Å². The minimum atomic E-state index is 0. The van der Waals surface area contributed by atoms with Gasteiger partial charge in [0.2, 0.25) is 0 Å². The van der Waals surface area contributed by atoms with Crippen molar-refractivity contribution in [2.75, 3.05) is 52.8 Å². The van der Waals surface area contributed by atoms with Crippen molar-refractivity contribution in [3.8, 4) is 5.75 Å². The van der Waals surface area contributed by atoms with Gasteiger partial charge in [-0.15, -0.1) is 24.0 Å². The van der Waals surface area contributed by atoms with Gasteiger partial charge < -0.3 is 25.2 Å². The molecule has 31 heavy (non-hydrogen) atoms. The van der Waals surface area contributed by atoms with Crippen molar-refractivity contribution < 1.29 is 4.74 Å². The van der Waals surface area contributed by atoms with Crippen LogP contribution in [0, 0.1) is 0 Å². The zero-order valence-electron chi connectivity index (χ0n) is 19.0. The number of hydrogen-bond donors (Lipinski definition) is 2. The van der Waals surface area contributed by atoms with Crippen LogP contribution in [0.2, 0.25) is 0 Å². The highest BCUT2D eigenvalue weighted by Crippen LogP contribution is 2.30. The van der Waals surface area contributed by atoms with Crippen LogP contribution in [-0.4, -0.2) is 70.8 Å². The normalized spacial score (nSPS) is 17.3. The van der Waals surface area contributed by atoms with E-state index < -0.39 is 0 Å². The lowest BCUT2D eigenvalue weighted by atomic mass is 10.1. The molecule has 0 aliphatic carbocycles. The molecule has 7 heteroatoms. The second-order valence-corrected chi connectivity index (χ2v) is 8.01. The molecule has 0 spiro atoms. The molecule has 1 aliphatic rings. The van der Waals surface area contributed by atoms with Gasteiger partial charge in [-0.2, -0.15) is 0 Å². The fourth-order valence-corrected chi connectivity index (χ4v) is 3.91. The summed E-state index contributed by atoms with van der Waals surface area (Å²) in [4.78, 5) is 9.10. The van der Waals surface area contributed by atoms with Crippen molar-refractivity contribution >= 4 is 35.6 Å². The van der Waals surface area contributed by atoms with Crippen LogP contribution in [-0.2, 0) is 6.42 Å². The zero-order chi connectivity index (χ0) is 21.3. The van der Waals surface area contributed by atoms with Crippen LogP contribution < -0.4 is 20.3 Å². The van der Waals surface area contributed by atoms with Gasteiger partial charge in [-0.3, -0.25) is 4.99 Å². The predicted molar refractivity (Wildman–Crippen MR) is 141 cm³/mol. The summed E-state index contributed by atoms with van der Waals surface area (Å²) in [5.74, 6) is 1.79. The maximum Gasteiger partial charge on any atom is 0.191 e. The molecule has 6 nitrogen and oxygen atoms in total. The van der Waals surface area contributed by atoms with Gasteiger partial charge in [0.25, 0.3) is 0 Å². The first-order valence-electron chi connectivity index (χ1n) is 10.7.